The van der Waals surface area contributed by atoms with Gasteiger partial charge in [-0.1, -0.05) is 26.2 Å². The topological polar surface area (TPSA) is 66.6 Å². The fourth-order valence-electron chi connectivity index (χ4n) is 4.08. The van der Waals surface area contributed by atoms with E-state index in [2.05, 4.69) is 6.92 Å². The van der Waals surface area contributed by atoms with Crippen LogP contribution >= 0.6 is 0 Å². The van der Waals surface area contributed by atoms with Crippen molar-refractivity contribution in [3.05, 3.63) is 0 Å². The summed E-state index contributed by atoms with van der Waals surface area (Å²) in [6.45, 7) is 3.24. The molecule has 0 saturated heterocycles. The third-order valence-electron chi connectivity index (χ3n) is 5.69. The van der Waals surface area contributed by atoms with Gasteiger partial charge in [-0.25, -0.2) is 0 Å². The van der Waals surface area contributed by atoms with Crippen LogP contribution < -0.4 is 5.73 Å². The molecular weight excluding hydrogens is 264 g/mol. The highest BCUT2D eigenvalue weighted by molar-refractivity contribution is 5.83. The monoisotopic (exact) mass is 296 g/mol. The number of carbonyl (C=O) groups is 1. The molecule has 122 valence electrons. The Morgan fingerprint density at radius 1 is 1.19 bits per heavy atom. The molecule has 21 heavy (non-hydrogen) atoms. The molecule has 2 saturated carbocycles. The number of rotatable bonds is 5. The standard InChI is InChI=1S/C17H32N2O2/c1-14-7-9-17(13-18,10-8-14)16(21)19(11-12-20)15-5-3-2-4-6-15/h14-15,20H,2-13,18H2,1H3. The molecule has 0 aromatic carbocycles. The first-order valence-electron chi connectivity index (χ1n) is 8.75. The van der Waals surface area contributed by atoms with E-state index in [0.717, 1.165) is 38.5 Å². The van der Waals surface area contributed by atoms with Gasteiger partial charge in [-0.15, -0.1) is 0 Å². The molecule has 0 atom stereocenters. The minimum Gasteiger partial charge on any atom is -0.395 e. The minimum atomic E-state index is -0.362. The van der Waals surface area contributed by atoms with E-state index in [1.54, 1.807) is 0 Å². The van der Waals surface area contributed by atoms with Gasteiger partial charge in [-0.3, -0.25) is 4.79 Å². The molecule has 0 spiro atoms. The maximum absolute atomic E-state index is 13.2. The van der Waals surface area contributed by atoms with E-state index in [4.69, 9.17) is 5.73 Å². The Hall–Kier alpha value is -0.610. The smallest absolute Gasteiger partial charge is 0.230 e. The van der Waals surface area contributed by atoms with Gasteiger partial charge in [0.15, 0.2) is 0 Å². The van der Waals surface area contributed by atoms with E-state index in [0.29, 0.717) is 25.0 Å². The highest BCUT2D eigenvalue weighted by Crippen LogP contribution is 2.40. The number of aliphatic hydroxyl groups is 1. The molecule has 3 N–H and O–H groups in total. The molecule has 0 aromatic rings. The van der Waals surface area contributed by atoms with Crippen LogP contribution in [0.3, 0.4) is 0 Å². The molecule has 0 unspecified atom stereocenters. The molecule has 2 aliphatic rings. The van der Waals surface area contributed by atoms with Gasteiger partial charge in [0.05, 0.1) is 12.0 Å². The molecule has 0 bridgehead atoms. The Balaban J connectivity index is 2.11. The molecule has 4 heteroatoms. The molecule has 1 amide bonds. The second-order valence-electron chi connectivity index (χ2n) is 7.18. The predicted molar refractivity (Wildman–Crippen MR) is 84.8 cm³/mol. The predicted octanol–water partition coefficient (Wildman–Crippen LogP) is 2.30. The Bertz CT molecular complexity index is 332. The Kier molecular flexibility index (Phi) is 6.06. The van der Waals surface area contributed by atoms with Gasteiger partial charge < -0.3 is 15.7 Å². The second kappa shape index (κ2) is 7.59. The number of amides is 1. The summed E-state index contributed by atoms with van der Waals surface area (Å²) in [6.07, 6.45) is 9.87. The lowest BCUT2D eigenvalue weighted by molar-refractivity contribution is -0.148. The maximum atomic E-state index is 13.2. The summed E-state index contributed by atoms with van der Waals surface area (Å²) in [5, 5.41) is 9.39. The molecular formula is C17H32N2O2. The molecule has 0 aromatic heterocycles. The summed E-state index contributed by atoms with van der Waals surface area (Å²) < 4.78 is 0. The fourth-order valence-corrected chi connectivity index (χ4v) is 4.08. The van der Waals surface area contributed by atoms with Gasteiger partial charge in [-0.05, 0) is 44.4 Å². The largest absolute Gasteiger partial charge is 0.395 e. The average Bonchev–Trinajstić information content (AvgIpc) is 2.54. The van der Waals surface area contributed by atoms with Crippen LogP contribution in [0.25, 0.3) is 0 Å². The number of aliphatic hydroxyl groups excluding tert-OH is 1. The lowest BCUT2D eigenvalue weighted by Gasteiger charge is -2.44. The summed E-state index contributed by atoms with van der Waals surface area (Å²) >= 11 is 0. The molecule has 2 fully saturated rings. The van der Waals surface area contributed by atoms with Gasteiger partial charge in [0.2, 0.25) is 5.91 Å². The van der Waals surface area contributed by atoms with Crippen molar-refractivity contribution in [1.82, 2.24) is 4.90 Å². The third-order valence-corrected chi connectivity index (χ3v) is 5.69. The van der Waals surface area contributed by atoms with Crippen LogP contribution in [0.1, 0.15) is 64.7 Å². The summed E-state index contributed by atoms with van der Waals surface area (Å²) in [4.78, 5) is 15.2. The van der Waals surface area contributed by atoms with Crippen molar-refractivity contribution in [3.63, 3.8) is 0 Å². The normalized spacial score (nSPS) is 31.1. The van der Waals surface area contributed by atoms with E-state index in [-0.39, 0.29) is 17.9 Å². The summed E-state index contributed by atoms with van der Waals surface area (Å²) in [6, 6.07) is 0.321. The minimum absolute atomic E-state index is 0.0549. The van der Waals surface area contributed by atoms with Gasteiger partial charge in [0.25, 0.3) is 0 Å². The number of hydrogen-bond donors (Lipinski definition) is 2. The van der Waals surface area contributed by atoms with Crippen LogP contribution in [-0.2, 0) is 4.79 Å². The molecule has 2 rings (SSSR count). The van der Waals surface area contributed by atoms with Gasteiger partial charge >= 0.3 is 0 Å². The lowest BCUT2D eigenvalue weighted by atomic mass is 9.69. The zero-order valence-corrected chi connectivity index (χ0v) is 13.5. The number of nitrogens with zero attached hydrogens (tertiary/aromatic N) is 1. The van der Waals surface area contributed by atoms with Crippen LogP contribution in [0.15, 0.2) is 0 Å². The molecule has 0 heterocycles. The van der Waals surface area contributed by atoms with Gasteiger partial charge in [0, 0.05) is 19.1 Å². The number of carbonyl (C=O) groups excluding carboxylic acids is 1. The van der Waals surface area contributed by atoms with Crippen molar-refractivity contribution in [2.75, 3.05) is 19.7 Å². The van der Waals surface area contributed by atoms with Crippen molar-refractivity contribution < 1.29 is 9.90 Å². The first kappa shape index (κ1) is 16.8. The van der Waals surface area contributed by atoms with Crippen molar-refractivity contribution in [2.45, 2.75) is 70.8 Å². The Morgan fingerprint density at radius 3 is 2.33 bits per heavy atom. The van der Waals surface area contributed by atoms with Crippen LogP contribution in [0.4, 0.5) is 0 Å². The summed E-state index contributed by atoms with van der Waals surface area (Å²) in [5.41, 5.74) is 5.68. The fraction of sp³-hybridized carbons (Fsp3) is 0.941. The van der Waals surface area contributed by atoms with Crippen molar-refractivity contribution >= 4 is 5.91 Å². The zero-order valence-electron chi connectivity index (χ0n) is 13.5. The van der Waals surface area contributed by atoms with Gasteiger partial charge in [0.1, 0.15) is 0 Å². The van der Waals surface area contributed by atoms with Crippen LogP contribution in [0.2, 0.25) is 0 Å². The van der Waals surface area contributed by atoms with Crippen LogP contribution in [0.5, 0.6) is 0 Å². The average molecular weight is 296 g/mol. The Labute approximate surface area is 129 Å². The van der Waals surface area contributed by atoms with Crippen molar-refractivity contribution in [3.8, 4) is 0 Å². The van der Waals surface area contributed by atoms with E-state index >= 15 is 0 Å². The van der Waals surface area contributed by atoms with E-state index in [9.17, 15) is 9.90 Å². The molecule has 2 aliphatic carbocycles. The van der Waals surface area contributed by atoms with Crippen LogP contribution in [0, 0.1) is 11.3 Å². The first-order valence-corrected chi connectivity index (χ1v) is 8.75. The Morgan fingerprint density at radius 2 is 1.81 bits per heavy atom. The lowest BCUT2D eigenvalue weighted by Crippen LogP contribution is -2.54. The SMILES string of the molecule is CC1CCC(CN)(C(=O)N(CCO)C2CCCCC2)CC1. The van der Waals surface area contributed by atoms with Crippen molar-refractivity contribution in [1.29, 1.82) is 0 Å². The van der Waals surface area contributed by atoms with Crippen LogP contribution in [-0.4, -0.2) is 41.7 Å². The molecule has 0 radical (unpaired) electrons. The van der Waals surface area contributed by atoms with Gasteiger partial charge in [-0.2, -0.15) is 0 Å². The molecule has 4 nitrogen and oxygen atoms in total. The highest BCUT2D eigenvalue weighted by atomic mass is 16.3. The number of hydrogen-bond acceptors (Lipinski definition) is 3. The highest BCUT2D eigenvalue weighted by Gasteiger charge is 2.43. The van der Waals surface area contributed by atoms with Crippen molar-refractivity contribution in [2.24, 2.45) is 17.1 Å². The van der Waals surface area contributed by atoms with E-state index in [1.165, 1.54) is 19.3 Å². The maximum Gasteiger partial charge on any atom is 0.230 e. The molecule has 0 aliphatic heterocycles. The second-order valence-corrected chi connectivity index (χ2v) is 7.18. The summed E-state index contributed by atoms with van der Waals surface area (Å²) in [7, 11) is 0. The third kappa shape index (κ3) is 3.78. The zero-order chi connectivity index (χ0) is 15.3. The van der Waals surface area contributed by atoms with E-state index < -0.39 is 0 Å². The first-order chi connectivity index (χ1) is 10.1. The summed E-state index contributed by atoms with van der Waals surface area (Å²) in [5.74, 6) is 0.927. The number of nitrogens with two attached hydrogens (primary N) is 1. The quantitative estimate of drug-likeness (QED) is 0.818. The van der Waals surface area contributed by atoms with E-state index in [1.807, 2.05) is 4.90 Å².